The van der Waals surface area contributed by atoms with Gasteiger partial charge in [0, 0.05) is 74.3 Å². The summed E-state index contributed by atoms with van der Waals surface area (Å²) in [5.74, 6) is 0.688. The number of imidazole rings is 1. The Hall–Kier alpha value is -4.06. The lowest BCUT2D eigenvalue weighted by Gasteiger charge is -2.33. The third kappa shape index (κ3) is 5.22. The van der Waals surface area contributed by atoms with Gasteiger partial charge in [-0.1, -0.05) is 0 Å². The summed E-state index contributed by atoms with van der Waals surface area (Å²) < 4.78 is 41.5. The van der Waals surface area contributed by atoms with Crippen molar-refractivity contribution in [2.24, 2.45) is 0 Å². The van der Waals surface area contributed by atoms with Gasteiger partial charge in [0.05, 0.1) is 5.56 Å². The summed E-state index contributed by atoms with van der Waals surface area (Å²) in [5, 5.41) is 15.9. The minimum atomic E-state index is -4.60. The van der Waals surface area contributed by atoms with Gasteiger partial charge in [-0.15, -0.1) is 0 Å². The molecule has 9 nitrogen and oxygen atoms in total. The highest BCUT2D eigenvalue weighted by Gasteiger charge is 2.31. The molecule has 4 heterocycles. The summed E-state index contributed by atoms with van der Waals surface area (Å²) in [6.07, 6.45) is 0.789. The third-order valence-corrected chi connectivity index (χ3v) is 5.71. The number of rotatable bonds is 5. The predicted molar refractivity (Wildman–Crippen MR) is 127 cm³/mol. The zero-order valence-corrected chi connectivity index (χ0v) is 18.8. The molecule has 5 rings (SSSR count). The van der Waals surface area contributed by atoms with Crippen molar-refractivity contribution in [2.75, 3.05) is 48.8 Å². The molecule has 1 fully saturated rings. The molecule has 4 aromatic rings. The molecule has 35 heavy (non-hydrogen) atoms. The first-order valence-corrected chi connectivity index (χ1v) is 10.9. The Labute approximate surface area is 198 Å². The molecule has 182 valence electrons. The highest BCUT2D eigenvalue weighted by molar-refractivity contribution is 5.67. The average molecular weight is 484 g/mol. The van der Waals surface area contributed by atoms with Gasteiger partial charge in [-0.3, -0.25) is 0 Å². The Morgan fingerprint density at radius 2 is 1.71 bits per heavy atom. The first kappa shape index (κ1) is 22.7. The van der Waals surface area contributed by atoms with Gasteiger partial charge in [-0.05, 0) is 25.2 Å². The molecule has 0 unspecified atom stereocenters. The van der Waals surface area contributed by atoms with Crippen LogP contribution < -0.4 is 15.5 Å². The Morgan fingerprint density at radius 3 is 2.49 bits per heavy atom. The van der Waals surface area contributed by atoms with E-state index in [-0.39, 0.29) is 11.6 Å². The van der Waals surface area contributed by atoms with Gasteiger partial charge >= 0.3 is 6.18 Å². The van der Waals surface area contributed by atoms with Crippen molar-refractivity contribution in [3.05, 3.63) is 60.6 Å². The van der Waals surface area contributed by atoms with Gasteiger partial charge in [-0.2, -0.15) is 23.1 Å². The van der Waals surface area contributed by atoms with Crippen LogP contribution in [0.2, 0.25) is 0 Å². The molecule has 1 aliphatic heterocycles. The van der Waals surface area contributed by atoms with Gasteiger partial charge in [0.1, 0.15) is 23.0 Å². The molecule has 0 bridgehead atoms. The second-order valence-electron chi connectivity index (χ2n) is 8.35. The monoisotopic (exact) mass is 484 g/mol. The summed E-state index contributed by atoms with van der Waals surface area (Å²) >= 11 is 0. The normalized spacial score (nSPS) is 14.9. The molecule has 0 amide bonds. The predicted octanol–water partition coefficient (Wildman–Crippen LogP) is 4.09. The molecule has 3 aromatic heterocycles. The smallest absolute Gasteiger partial charge is 0.416 e. The van der Waals surface area contributed by atoms with E-state index in [0.29, 0.717) is 17.7 Å². The Balaban J connectivity index is 1.48. The van der Waals surface area contributed by atoms with Gasteiger partial charge < -0.3 is 29.9 Å². The van der Waals surface area contributed by atoms with Gasteiger partial charge in [0.25, 0.3) is 0 Å². The maximum Gasteiger partial charge on any atom is 0.416 e. The van der Waals surface area contributed by atoms with E-state index >= 15 is 0 Å². The minimum Gasteiger partial charge on any atom is -0.508 e. The zero-order valence-electron chi connectivity index (χ0n) is 18.8. The van der Waals surface area contributed by atoms with E-state index < -0.39 is 17.5 Å². The largest absolute Gasteiger partial charge is 0.508 e. The molecule has 0 aliphatic carbocycles. The van der Waals surface area contributed by atoms with Crippen molar-refractivity contribution in [3.63, 3.8) is 0 Å². The minimum absolute atomic E-state index is 0.0256. The number of fused-ring (bicyclic) bond motifs is 1. The van der Waals surface area contributed by atoms with Crippen LogP contribution in [-0.2, 0) is 6.18 Å². The lowest BCUT2D eigenvalue weighted by molar-refractivity contribution is -0.137. The summed E-state index contributed by atoms with van der Waals surface area (Å²) in [7, 11) is 2.04. The molecule has 1 aliphatic rings. The molecule has 1 saturated heterocycles. The summed E-state index contributed by atoms with van der Waals surface area (Å²) in [6, 6.07) is 8.30. The summed E-state index contributed by atoms with van der Waals surface area (Å²) in [6.45, 7) is 3.20. The highest BCUT2D eigenvalue weighted by Crippen LogP contribution is 2.34. The molecule has 0 saturated carbocycles. The van der Waals surface area contributed by atoms with Crippen LogP contribution in [0.1, 0.15) is 5.56 Å². The maximum atomic E-state index is 13.2. The van der Waals surface area contributed by atoms with E-state index in [9.17, 15) is 18.3 Å². The number of benzene rings is 1. The highest BCUT2D eigenvalue weighted by atomic mass is 19.4. The quantitative estimate of drug-likeness (QED) is 0.390. The van der Waals surface area contributed by atoms with Crippen molar-refractivity contribution in [2.45, 2.75) is 6.18 Å². The van der Waals surface area contributed by atoms with Crippen LogP contribution in [0, 0.1) is 0 Å². The standard InChI is InChI=1S/C23H23F3N8O/c1-32-6-8-34(9-7-32)21-14-19(28-16-2-4-33-5-3-27-20(33)13-16)30-22(31-21)29-17-10-15(23(24,25)26)11-18(35)12-17/h2-5,10-14,35H,6-9H2,1H3,(H2,28,29,30,31). The fraction of sp³-hybridized carbons (Fsp3) is 0.261. The van der Waals surface area contributed by atoms with E-state index in [4.69, 9.17) is 0 Å². The lowest BCUT2D eigenvalue weighted by atomic mass is 10.2. The lowest BCUT2D eigenvalue weighted by Crippen LogP contribution is -2.44. The van der Waals surface area contributed by atoms with Crippen molar-refractivity contribution >= 4 is 34.6 Å². The van der Waals surface area contributed by atoms with Crippen LogP contribution in [-0.4, -0.2) is 62.6 Å². The molecular formula is C23H23F3N8O. The summed E-state index contributed by atoms with van der Waals surface area (Å²) in [5.41, 5.74) is 0.551. The molecule has 3 N–H and O–H groups in total. The van der Waals surface area contributed by atoms with Gasteiger partial charge in [0.15, 0.2) is 0 Å². The van der Waals surface area contributed by atoms with Crippen LogP contribution >= 0.6 is 0 Å². The summed E-state index contributed by atoms with van der Waals surface area (Å²) in [4.78, 5) is 17.6. The van der Waals surface area contributed by atoms with Crippen molar-refractivity contribution in [3.8, 4) is 5.75 Å². The number of nitrogens with one attached hydrogen (secondary N) is 2. The van der Waals surface area contributed by atoms with Crippen molar-refractivity contribution in [1.29, 1.82) is 0 Å². The van der Waals surface area contributed by atoms with E-state index in [0.717, 1.165) is 43.6 Å². The number of piperazine rings is 1. The first-order valence-electron chi connectivity index (χ1n) is 10.9. The number of aromatic hydroxyl groups is 1. The van der Waals surface area contributed by atoms with E-state index in [1.54, 1.807) is 12.3 Å². The molecule has 0 atom stereocenters. The fourth-order valence-corrected chi connectivity index (χ4v) is 3.86. The number of likely N-dealkylation sites (N-methyl/N-ethyl adjacent to an activating group) is 1. The number of phenols is 1. The third-order valence-electron chi connectivity index (χ3n) is 5.71. The number of anilines is 5. The Morgan fingerprint density at radius 1 is 0.914 bits per heavy atom. The van der Waals surface area contributed by atoms with Crippen molar-refractivity contribution in [1.82, 2.24) is 24.3 Å². The number of hydrogen-bond donors (Lipinski definition) is 3. The van der Waals surface area contributed by atoms with Crippen LogP contribution in [0.5, 0.6) is 5.75 Å². The Kier molecular flexibility index (Phi) is 5.81. The van der Waals surface area contributed by atoms with E-state index in [1.165, 1.54) is 6.07 Å². The first-order chi connectivity index (χ1) is 16.7. The van der Waals surface area contributed by atoms with Crippen molar-refractivity contribution < 1.29 is 18.3 Å². The molecule has 0 spiro atoms. The van der Waals surface area contributed by atoms with Crippen LogP contribution in [0.3, 0.4) is 0 Å². The number of hydrogen-bond acceptors (Lipinski definition) is 8. The van der Waals surface area contributed by atoms with Gasteiger partial charge in [0.2, 0.25) is 5.95 Å². The fourth-order valence-electron chi connectivity index (χ4n) is 3.86. The number of pyridine rings is 1. The number of phenolic OH excluding ortho intramolecular Hbond substituents is 1. The Bertz CT molecular complexity index is 1350. The molecule has 12 heteroatoms. The van der Waals surface area contributed by atoms with Crippen LogP contribution in [0.4, 0.5) is 42.1 Å². The van der Waals surface area contributed by atoms with E-state index in [2.05, 4.69) is 35.4 Å². The second-order valence-corrected chi connectivity index (χ2v) is 8.35. The second kappa shape index (κ2) is 8.95. The average Bonchev–Trinajstić information content (AvgIpc) is 3.26. The zero-order chi connectivity index (χ0) is 24.6. The molecule has 0 radical (unpaired) electrons. The number of aromatic nitrogens is 4. The van der Waals surface area contributed by atoms with Crippen LogP contribution in [0.15, 0.2) is 55.0 Å². The topological polar surface area (TPSA) is 93.9 Å². The number of nitrogens with zero attached hydrogens (tertiary/aromatic N) is 6. The van der Waals surface area contributed by atoms with Gasteiger partial charge in [-0.25, -0.2) is 4.98 Å². The SMILES string of the molecule is CN1CCN(c2cc(Nc3ccn4ccnc4c3)nc(Nc3cc(O)cc(C(F)(F)F)c3)n2)CC1. The van der Waals surface area contributed by atoms with Crippen LogP contribution in [0.25, 0.3) is 5.65 Å². The maximum absolute atomic E-state index is 13.2. The van der Waals surface area contributed by atoms with E-state index in [1.807, 2.05) is 36.0 Å². The number of halogens is 3. The molecule has 1 aromatic carbocycles. The number of alkyl halides is 3. The molecular weight excluding hydrogens is 461 g/mol.